The van der Waals surface area contributed by atoms with E-state index in [2.05, 4.69) is 69.4 Å². The van der Waals surface area contributed by atoms with E-state index in [1.54, 1.807) is 0 Å². The summed E-state index contributed by atoms with van der Waals surface area (Å²) in [5.74, 6) is 1.18. The van der Waals surface area contributed by atoms with E-state index in [-0.39, 0.29) is 5.91 Å². The minimum atomic E-state index is 0.115. The van der Waals surface area contributed by atoms with Gasteiger partial charge in [0, 0.05) is 21.1 Å². The van der Waals surface area contributed by atoms with Crippen molar-refractivity contribution in [3.8, 4) is 0 Å². The van der Waals surface area contributed by atoms with Gasteiger partial charge in [-0.25, -0.2) is 0 Å². The third-order valence-electron chi connectivity index (χ3n) is 5.64. The lowest BCUT2D eigenvalue weighted by atomic mass is 10.00. The number of hydrogen-bond donors (Lipinski definition) is 1. The second kappa shape index (κ2) is 10.6. The summed E-state index contributed by atoms with van der Waals surface area (Å²) in [6.45, 7) is 8.64. The van der Waals surface area contributed by atoms with E-state index in [1.807, 2.05) is 29.6 Å². The Morgan fingerprint density at radius 2 is 1.66 bits per heavy atom. The molecule has 1 aliphatic rings. The first kappa shape index (κ1) is 22.3. The van der Waals surface area contributed by atoms with Gasteiger partial charge in [-0.15, -0.1) is 23.5 Å². The Morgan fingerprint density at radius 1 is 1.00 bits per heavy atom. The third-order valence-corrected chi connectivity index (χ3v) is 8.72. The first-order chi connectivity index (χ1) is 14.0. The lowest BCUT2D eigenvalue weighted by Gasteiger charge is -2.31. The van der Waals surface area contributed by atoms with Crippen molar-refractivity contribution in [1.29, 1.82) is 0 Å². The average Bonchev–Trinajstić information content (AvgIpc) is 2.70. The Labute approximate surface area is 184 Å². The van der Waals surface area contributed by atoms with Gasteiger partial charge in [0.1, 0.15) is 0 Å². The van der Waals surface area contributed by atoms with Gasteiger partial charge in [-0.2, -0.15) is 0 Å². The maximum absolute atomic E-state index is 12.6. The molecule has 29 heavy (non-hydrogen) atoms. The van der Waals surface area contributed by atoms with Crippen molar-refractivity contribution in [3.63, 3.8) is 0 Å². The molecule has 2 unspecified atom stereocenters. The number of carbonyl (C=O) groups excluding carboxylic acids is 1. The molecule has 2 aromatic rings. The van der Waals surface area contributed by atoms with Crippen molar-refractivity contribution < 1.29 is 4.79 Å². The van der Waals surface area contributed by atoms with Crippen LogP contribution in [0.5, 0.6) is 0 Å². The maximum Gasteiger partial charge on any atom is 0.234 e. The molecule has 0 saturated heterocycles. The van der Waals surface area contributed by atoms with E-state index < -0.39 is 0 Å². The lowest BCUT2D eigenvalue weighted by Crippen LogP contribution is -2.27. The molecule has 0 aliphatic heterocycles. The van der Waals surface area contributed by atoms with E-state index in [1.165, 1.54) is 36.1 Å². The summed E-state index contributed by atoms with van der Waals surface area (Å²) in [6, 6.07) is 15.0. The van der Waals surface area contributed by atoms with Crippen LogP contribution in [0.4, 0.5) is 5.69 Å². The monoisotopic (exact) mass is 427 g/mol. The van der Waals surface area contributed by atoms with Crippen molar-refractivity contribution >= 4 is 35.1 Å². The van der Waals surface area contributed by atoms with Crippen LogP contribution in [0.2, 0.25) is 0 Å². The molecule has 2 aromatic carbocycles. The lowest BCUT2D eigenvalue weighted by molar-refractivity contribution is -0.113. The Balaban J connectivity index is 1.61. The van der Waals surface area contributed by atoms with Crippen molar-refractivity contribution in [2.24, 2.45) is 0 Å². The zero-order chi connectivity index (χ0) is 20.8. The van der Waals surface area contributed by atoms with Crippen LogP contribution in [0.25, 0.3) is 0 Å². The number of thioether (sulfide) groups is 2. The van der Waals surface area contributed by atoms with Crippen molar-refractivity contribution in [3.05, 3.63) is 59.2 Å². The van der Waals surface area contributed by atoms with Crippen LogP contribution in [-0.4, -0.2) is 22.2 Å². The summed E-state index contributed by atoms with van der Waals surface area (Å²) in [6.07, 6.45) is 5.03. The Bertz CT molecular complexity index is 813. The Morgan fingerprint density at radius 3 is 2.34 bits per heavy atom. The number of hydrogen-bond acceptors (Lipinski definition) is 3. The highest BCUT2D eigenvalue weighted by molar-refractivity contribution is 8.04. The zero-order valence-electron chi connectivity index (χ0n) is 18.0. The molecule has 0 bridgehead atoms. The molecule has 2 atom stereocenters. The number of rotatable bonds is 7. The molecule has 1 N–H and O–H groups in total. The van der Waals surface area contributed by atoms with Gasteiger partial charge in [-0.3, -0.25) is 4.79 Å². The van der Waals surface area contributed by atoms with Crippen LogP contribution in [0.1, 0.15) is 62.1 Å². The third kappa shape index (κ3) is 6.05. The predicted molar refractivity (Wildman–Crippen MR) is 129 cm³/mol. The maximum atomic E-state index is 12.6. The minimum Gasteiger partial charge on any atom is -0.325 e. The molecular weight excluding hydrogens is 394 g/mol. The molecule has 1 amide bonds. The van der Waals surface area contributed by atoms with Crippen LogP contribution in [0.3, 0.4) is 0 Å². The first-order valence-corrected chi connectivity index (χ1v) is 12.6. The molecule has 2 nitrogen and oxygen atoms in total. The number of amides is 1. The van der Waals surface area contributed by atoms with Gasteiger partial charge in [-0.1, -0.05) is 63.1 Å². The standard InChI is InChI=1S/C25H33NOS2/c1-17(2)20-12-5-6-13-21(20)29-23-15-8-7-14-22(23)28-16-24(27)26-25-18(3)10-9-11-19(25)4/h5-6,9-13,17,22-23H,7-8,14-16H2,1-4H3,(H,26,27). The van der Waals surface area contributed by atoms with E-state index in [0.717, 1.165) is 16.8 Å². The van der Waals surface area contributed by atoms with Gasteiger partial charge >= 0.3 is 0 Å². The fourth-order valence-corrected chi connectivity index (χ4v) is 7.01. The van der Waals surface area contributed by atoms with Gasteiger partial charge in [0.05, 0.1) is 5.75 Å². The first-order valence-electron chi connectivity index (χ1n) is 10.7. The summed E-state index contributed by atoms with van der Waals surface area (Å²) >= 11 is 3.88. The SMILES string of the molecule is Cc1cccc(C)c1NC(=O)CSC1CCCCC1Sc1ccccc1C(C)C. The number of nitrogens with one attached hydrogen (secondary N) is 1. The normalized spacial score (nSPS) is 19.3. The van der Waals surface area contributed by atoms with Crippen LogP contribution >= 0.6 is 23.5 Å². The molecular formula is C25H33NOS2. The average molecular weight is 428 g/mol. The highest BCUT2D eigenvalue weighted by atomic mass is 32.2. The summed E-state index contributed by atoms with van der Waals surface area (Å²) in [5, 5.41) is 4.26. The molecule has 4 heteroatoms. The van der Waals surface area contributed by atoms with Crippen LogP contribution in [0.15, 0.2) is 47.4 Å². The molecule has 1 saturated carbocycles. The number of para-hydroxylation sites is 1. The fourth-order valence-electron chi connectivity index (χ4n) is 3.99. The highest BCUT2D eigenvalue weighted by Crippen LogP contribution is 2.41. The Hall–Kier alpha value is -1.39. The van der Waals surface area contributed by atoms with E-state index >= 15 is 0 Å². The second-order valence-electron chi connectivity index (χ2n) is 8.30. The van der Waals surface area contributed by atoms with Crippen LogP contribution in [-0.2, 0) is 4.79 Å². The highest BCUT2D eigenvalue weighted by Gasteiger charge is 2.28. The summed E-state index contributed by atoms with van der Waals surface area (Å²) in [5.41, 5.74) is 4.66. The van der Waals surface area contributed by atoms with Crippen molar-refractivity contribution in [2.45, 2.75) is 74.7 Å². The number of anilines is 1. The topological polar surface area (TPSA) is 29.1 Å². The van der Waals surface area contributed by atoms with Gasteiger partial charge in [0.2, 0.25) is 5.91 Å². The summed E-state index contributed by atoms with van der Waals surface area (Å²) in [7, 11) is 0. The largest absolute Gasteiger partial charge is 0.325 e. The Kier molecular flexibility index (Phi) is 8.14. The number of aryl methyl sites for hydroxylation is 2. The quantitative estimate of drug-likeness (QED) is 0.506. The van der Waals surface area contributed by atoms with Crippen molar-refractivity contribution in [1.82, 2.24) is 0 Å². The zero-order valence-corrected chi connectivity index (χ0v) is 19.7. The molecule has 1 aliphatic carbocycles. The molecule has 0 heterocycles. The molecule has 0 radical (unpaired) electrons. The van der Waals surface area contributed by atoms with Gasteiger partial charge < -0.3 is 5.32 Å². The predicted octanol–water partition coefficient (Wildman–Crippen LogP) is 7.20. The minimum absolute atomic E-state index is 0.115. The fraction of sp³-hybridized carbons (Fsp3) is 0.480. The summed E-state index contributed by atoms with van der Waals surface area (Å²) < 4.78 is 0. The van der Waals surface area contributed by atoms with Gasteiger partial charge in [-0.05, 0) is 55.4 Å². The van der Waals surface area contributed by atoms with Gasteiger partial charge in [0.15, 0.2) is 0 Å². The van der Waals surface area contributed by atoms with E-state index in [9.17, 15) is 4.79 Å². The molecule has 0 spiro atoms. The van der Waals surface area contributed by atoms with E-state index in [0.29, 0.717) is 22.2 Å². The van der Waals surface area contributed by atoms with E-state index in [4.69, 9.17) is 0 Å². The van der Waals surface area contributed by atoms with Crippen molar-refractivity contribution in [2.75, 3.05) is 11.1 Å². The second-order valence-corrected chi connectivity index (χ2v) is 10.8. The molecule has 3 rings (SSSR count). The number of carbonyl (C=O) groups is 1. The van der Waals surface area contributed by atoms with Crippen LogP contribution in [0, 0.1) is 13.8 Å². The molecule has 1 fully saturated rings. The molecule has 0 aromatic heterocycles. The molecule has 156 valence electrons. The summed E-state index contributed by atoms with van der Waals surface area (Å²) in [4.78, 5) is 14.0. The number of benzene rings is 2. The van der Waals surface area contributed by atoms with Gasteiger partial charge in [0.25, 0.3) is 0 Å². The van der Waals surface area contributed by atoms with Crippen LogP contribution < -0.4 is 5.32 Å². The smallest absolute Gasteiger partial charge is 0.234 e.